The summed E-state index contributed by atoms with van der Waals surface area (Å²) < 4.78 is 0. The van der Waals surface area contributed by atoms with Gasteiger partial charge in [-0.15, -0.1) is 0 Å². The van der Waals surface area contributed by atoms with Gasteiger partial charge < -0.3 is 10.4 Å². The van der Waals surface area contributed by atoms with Crippen molar-refractivity contribution in [2.75, 3.05) is 13.1 Å². The smallest absolute Gasteiger partial charge is 0.336 e. The molecule has 2 heterocycles. The van der Waals surface area contributed by atoms with Gasteiger partial charge in [0, 0.05) is 11.8 Å². The number of hydrogen-bond donors (Lipinski definition) is 2. The van der Waals surface area contributed by atoms with Gasteiger partial charge in [0.15, 0.2) is 0 Å². The maximum atomic E-state index is 11.3. The van der Waals surface area contributed by atoms with E-state index in [1.54, 1.807) is 30.6 Å². The first kappa shape index (κ1) is 14.7. The summed E-state index contributed by atoms with van der Waals surface area (Å²) in [5.74, 6) is -0.338. The molecule has 0 amide bonds. The zero-order chi connectivity index (χ0) is 15.4. The topological polar surface area (TPSA) is 75.1 Å². The standard InChI is InChI=1S/C17H19N3O2/c21-17(22)15-6-2-1-5-14(15)16-11-19-13(10-20-16)8-12-4-3-7-18-9-12/h1-2,5-6,10-12,18H,3-4,7-9H2,(H,21,22)/t12-/m1/s1. The minimum absolute atomic E-state index is 0.251. The number of hydrogen-bond acceptors (Lipinski definition) is 4. The Morgan fingerprint density at radius 1 is 1.27 bits per heavy atom. The molecule has 0 spiro atoms. The number of piperidine rings is 1. The summed E-state index contributed by atoms with van der Waals surface area (Å²) in [5, 5.41) is 12.6. The van der Waals surface area contributed by atoms with Gasteiger partial charge in [0.25, 0.3) is 0 Å². The third-order valence-corrected chi connectivity index (χ3v) is 4.04. The van der Waals surface area contributed by atoms with Crippen molar-refractivity contribution in [3.05, 3.63) is 47.9 Å². The van der Waals surface area contributed by atoms with Gasteiger partial charge in [-0.2, -0.15) is 0 Å². The molecule has 0 saturated carbocycles. The lowest BCUT2D eigenvalue weighted by molar-refractivity contribution is 0.0697. The number of rotatable bonds is 4. The second-order valence-corrected chi connectivity index (χ2v) is 5.66. The van der Waals surface area contributed by atoms with Crippen LogP contribution in [0.15, 0.2) is 36.7 Å². The molecule has 114 valence electrons. The minimum Gasteiger partial charge on any atom is -0.478 e. The fourth-order valence-corrected chi connectivity index (χ4v) is 2.89. The van der Waals surface area contributed by atoms with Crippen LogP contribution in [0, 0.1) is 5.92 Å². The van der Waals surface area contributed by atoms with E-state index in [4.69, 9.17) is 0 Å². The highest BCUT2D eigenvalue weighted by Gasteiger charge is 2.15. The van der Waals surface area contributed by atoms with E-state index in [0.717, 1.165) is 25.2 Å². The number of nitrogens with zero attached hydrogens (tertiary/aromatic N) is 2. The van der Waals surface area contributed by atoms with Crippen molar-refractivity contribution in [2.45, 2.75) is 19.3 Å². The highest BCUT2D eigenvalue weighted by molar-refractivity contribution is 5.95. The molecule has 0 unspecified atom stereocenters. The molecule has 1 atom stereocenters. The summed E-state index contributed by atoms with van der Waals surface area (Å²) >= 11 is 0. The summed E-state index contributed by atoms with van der Waals surface area (Å²) in [5.41, 5.74) is 2.42. The molecular formula is C17H19N3O2. The van der Waals surface area contributed by atoms with Gasteiger partial charge in [-0.3, -0.25) is 9.97 Å². The molecule has 5 nitrogen and oxygen atoms in total. The predicted molar refractivity (Wildman–Crippen MR) is 83.7 cm³/mol. The highest BCUT2D eigenvalue weighted by Crippen LogP contribution is 2.22. The third-order valence-electron chi connectivity index (χ3n) is 4.04. The maximum Gasteiger partial charge on any atom is 0.336 e. The largest absolute Gasteiger partial charge is 0.478 e. The van der Waals surface area contributed by atoms with Crippen LogP contribution in [0.1, 0.15) is 28.9 Å². The van der Waals surface area contributed by atoms with Crippen LogP contribution >= 0.6 is 0 Å². The minimum atomic E-state index is -0.949. The van der Waals surface area contributed by atoms with Crippen molar-refractivity contribution in [3.63, 3.8) is 0 Å². The van der Waals surface area contributed by atoms with Gasteiger partial charge in [-0.25, -0.2) is 4.79 Å². The van der Waals surface area contributed by atoms with Crippen LogP contribution in [-0.2, 0) is 6.42 Å². The van der Waals surface area contributed by atoms with Crippen molar-refractivity contribution in [1.29, 1.82) is 0 Å². The number of carboxylic acids is 1. The predicted octanol–water partition coefficient (Wildman–Crippen LogP) is 2.38. The van der Waals surface area contributed by atoms with Crippen LogP contribution in [0.3, 0.4) is 0 Å². The zero-order valence-electron chi connectivity index (χ0n) is 12.3. The van der Waals surface area contributed by atoms with Crippen LogP contribution in [0.5, 0.6) is 0 Å². The molecular weight excluding hydrogens is 278 g/mol. The van der Waals surface area contributed by atoms with Crippen LogP contribution in [0.2, 0.25) is 0 Å². The molecule has 1 saturated heterocycles. The molecule has 1 aromatic heterocycles. The number of carboxylic acid groups (broad SMARTS) is 1. The van der Waals surface area contributed by atoms with Gasteiger partial charge in [0.05, 0.1) is 23.1 Å². The average molecular weight is 297 g/mol. The summed E-state index contributed by atoms with van der Waals surface area (Å²) in [6, 6.07) is 6.87. The van der Waals surface area contributed by atoms with Gasteiger partial charge in [0.1, 0.15) is 0 Å². The maximum absolute atomic E-state index is 11.3. The van der Waals surface area contributed by atoms with E-state index in [2.05, 4.69) is 15.3 Å². The lowest BCUT2D eigenvalue weighted by Gasteiger charge is -2.22. The van der Waals surface area contributed by atoms with Crippen molar-refractivity contribution < 1.29 is 9.90 Å². The van der Waals surface area contributed by atoms with Crippen LogP contribution < -0.4 is 5.32 Å². The second-order valence-electron chi connectivity index (χ2n) is 5.66. The van der Waals surface area contributed by atoms with Crippen LogP contribution in [-0.4, -0.2) is 34.1 Å². The van der Waals surface area contributed by atoms with Gasteiger partial charge in [-0.05, 0) is 44.3 Å². The van der Waals surface area contributed by atoms with E-state index in [9.17, 15) is 9.90 Å². The summed E-state index contributed by atoms with van der Waals surface area (Å²) in [4.78, 5) is 20.1. The van der Waals surface area contributed by atoms with Crippen LogP contribution in [0.25, 0.3) is 11.3 Å². The number of carbonyl (C=O) groups is 1. The Labute approximate surface area is 129 Å². The van der Waals surface area contributed by atoms with E-state index in [1.165, 1.54) is 12.8 Å². The number of aromatic nitrogens is 2. The molecule has 2 aromatic rings. The number of nitrogens with one attached hydrogen (secondary N) is 1. The molecule has 2 N–H and O–H groups in total. The molecule has 1 aliphatic rings. The molecule has 1 aliphatic heterocycles. The van der Waals surface area contributed by atoms with Crippen LogP contribution in [0.4, 0.5) is 0 Å². The Hall–Kier alpha value is -2.27. The SMILES string of the molecule is O=C(O)c1ccccc1-c1cnc(C[C@H]2CCCNC2)cn1. The van der Waals surface area contributed by atoms with Crippen molar-refractivity contribution in [3.8, 4) is 11.3 Å². The van der Waals surface area contributed by atoms with E-state index in [0.29, 0.717) is 17.2 Å². The Morgan fingerprint density at radius 3 is 2.82 bits per heavy atom. The lowest BCUT2D eigenvalue weighted by atomic mass is 9.95. The molecule has 1 fully saturated rings. The van der Waals surface area contributed by atoms with Crippen molar-refractivity contribution in [2.24, 2.45) is 5.92 Å². The molecule has 1 aromatic carbocycles. The van der Waals surface area contributed by atoms with E-state index < -0.39 is 5.97 Å². The summed E-state index contributed by atoms with van der Waals surface area (Å²) in [7, 11) is 0. The quantitative estimate of drug-likeness (QED) is 0.906. The Morgan fingerprint density at radius 2 is 2.14 bits per heavy atom. The van der Waals surface area contributed by atoms with Crippen molar-refractivity contribution in [1.82, 2.24) is 15.3 Å². The zero-order valence-corrected chi connectivity index (χ0v) is 12.3. The number of aromatic carboxylic acids is 1. The van der Waals surface area contributed by atoms with E-state index in [-0.39, 0.29) is 5.56 Å². The van der Waals surface area contributed by atoms with Gasteiger partial charge >= 0.3 is 5.97 Å². The molecule has 0 radical (unpaired) electrons. The molecule has 0 bridgehead atoms. The summed E-state index contributed by atoms with van der Waals surface area (Å²) in [6.45, 7) is 2.14. The monoisotopic (exact) mass is 297 g/mol. The highest BCUT2D eigenvalue weighted by atomic mass is 16.4. The average Bonchev–Trinajstić information content (AvgIpc) is 2.56. The molecule has 3 rings (SSSR count). The molecule has 0 aliphatic carbocycles. The van der Waals surface area contributed by atoms with Gasteiger partial charge in [0.2, 0.25) is 0 Å². The van der Waals surface area contributed by atoms with E-state index in [1.807, 2.05) is 6.07 Å². The first-order valence-corrected chi connectivity index (χ1v) is 7.58. The Bertz CT molecular complexity index is 649. The first-order chi connectivity index (χ1) is 10.7. The fraction of sp³-hybridized carbons (Fsp3) is 0.353. The fourth-order valence-electron chi connectivity index (χ4n) is 2.89. The number of benzene rings is 1. The summed E-state index contributed by atoms with van der Waals surface area (Å²) in [6.07, 6.45) is 6.79. The third kappa shape index (κ3) is 3.31. The van der Waals surface area contributed by atoms with Gasteiger partial charge in [-0.1, -0.05) is 18.2 Å². The first-order valence-electron chi connectivity index (χ1n) is 7.58. The Balaban J connectivity index is 1.78. The normalized spacial score (nSPS) is 18.1. The Kier molecular flexibility index (Phi) is 4.44. The molecule has 5 heteroatoms. The second kappa shape index (κ2) is 6.66. The molecule has 22 heavy (non-hydrogen) atoms. The van der Waals surface area contributed by atoms with E-state index >= 15 is 0 Å². The van der Waals surface area contributed by atoms with Crippen molar-refractivity contribution >= 4 is 5.97 Å². The lowest BCUT2D eigenvalue weighted by Crippen LogP contribution is -2.31.